The molecule has 0 saturated carbocycles. The first-order valence-corrected chi connectivity index (χ1v) is 6.41. The van der Waals surface area contributed by atoms with E-state index in [1.807, 2.05) is 48.6 Å². The van der Waals surface area contributed by atoms with Crippen molar-refractivity contribution in [3.05, 3.63) is 43.5 Å². The van der Waals surface area contributed by atoms with Gasteiger partial charge in [0, 0.05) is 6.20 Å². The SMILES string of the molecule is CCc1nc(-c2cc(C)ccn2)[nH]c(=O)c1I. The third-order valence-electron chi connectivity index (χ3n) is 2.42. The van der Waals surface area contributed by atoms with E-state index in [0.717, 1.165) is 17.7 Å². The molecule has 0 spiro atoms. The molecule has 17 heavy (non-hydrogen) atoms. The zero-order chi connectivity index (χ0) is 12.4. The molecule has 2 aromatic heterocycles. The van der Waals surface area contributed by atoms with Gasteiger partial charge in [0.2, 0.25) is 0 Å². The number of aryl methyl sites for hydroxylation is 2. The van der Waals surface area contributed by atoms with Crippen LogP contribution in [0.3, 0.4) is 0 Å². The molecule has 1 N–H and O–H groups in total. The third-order valence-corrected chi connectivity index (χ3v) is 3.54. The van der Waals surface area contributed by atoms with Gasteiger partial charge in [-0.2, -0.15) is 0 Å². The highest BCUT2D eigenvalue weighted by Gasteiger charge is 2.09. The summed E-state index contributed by atoms with van der Waals surface area (Å²) in [5.41, 5.74) is 2.51. The number of halogens is 1. The van der Waals surface area contributed by atoms with Crippen LogP contribution in [0.25, 0.3) is 11.5 Å². The molecule has 0 radical (unpaired) electrons. The number of aromatic nitrogens is 3. The number of pyridine rings is 1. The highest BCUT2D eigenvalue weighted by Crippen LogP contribution is 2.14. The summed E-state index contributed by atoms with van der Waals surface area (Å²) in [5, 5.41) is 0. The van der Waals surface area contributed by atoms with Crippen LogP contribution < -0.4 is 5.56 Å². The molecule has 0 bridgehead atoms. The summed E-state index contributed by atoms with van der Waals surface area (Å²) in [6.45, 7) is 3.97. The lowest BCUT2D eigenvalue weighted by molar-refractivity contribution is 0.961. The number of aromatic amines is 1. The van der Waals surface area contributed by atoms with E-state index in [9.17, 15) is 4.79 Å². The molecule has 0 unspecified atom stereocenters. The van der Waals surface area contributed by atoms with Crippen LogP contribution in [0.15, 0.2) is 23.1 Å². The van der Waals surface area contributed by atoms with Crippen molar-refractivity contribution in [3.8, 4) is 11.5 Å². The van der Waals surface area contributed by atoms with E-state index in [0.29, 0.717) is 15.1 Å². The standard InChI is InChI=1S/C12H12IN3O/c1-3-8-10(13)12(17)16-11(15-8)9-6-7(2)4-5-14-9/h4-6H,3H2,1-2H3,(H,15,16,17). The second-order valence-corrected chi connectivity index (χ2v) is 4.83. The summed E-state index contributed by atoms with van der Waals surface area (Å²) in [4.78, 5) is 23.2. The lowest BCUT2D eigenvalue weighted by Crippen LogP contribution is -2.16. The zero-order valence-electron chi connectivity index (χ0n) is 9.62. The summed E-state index contributed by atoms with van der Waals surface area (Å²) in [7, 11) is 0. The van der Waals surface area contributed by atoms with Crippen molar-refractivity contribution in [2.75, 3.05) is 0 Å². The second-order valence-electron chi connectivity index (χ2n) is 3.75. The summed E-state index contributed by atoms with van der Waals surface area (Å²) in [6, 6.07) is 3.82. The molecule has 0 amide bonds. The van der Waals surface area contributed by atoms with E-state index in [-0.39, 0.29) is 5.56 Å². The molecule has 0 saturated heterocycles. The smallest absolute Gasteiger partial charge is 0.264 e. The Balaban J connectivity index is 2.61. The topological polar surface area (TPSA) is 58.6 Å². The minimum Gasteiger partial charge on any atom is -0.304 e. The quantitative estimate of drug-likeness (QED) is 0.853. The Morgan fingerprint density at radius 1 is 1.47 bits per heavy atom. The highest BCUT2D eigenvalue weighted by atomic mass is 127. The van der Waals surface area contributed by atoms with Crippen molar-refractivity contribution in [2.45, 2.75) is 20.3 Å². The predicted octanol–water partition coefficient (Wildman–Crippen LogP) is 2.31. The molecule has 0 aliphatic rings. The van der Waals surface area contributed by atoms with Gasteiger partial charge in [0.15, 0.2) is 5.82 Å². The Morgan fingerprint density at radius 2 is 2.24 bits per heavy atom. The molecule has 0 aliphatic carbocycles. The summed E-state index contributed by atoms with van der Waals surface area (Å²) in [5.74, 6) is 0.538. The second kappa shape index (κ2) is 4.95. The summed E-state index contributed by atoms with van der Waals surface area (Å²) in [6.07, 6.45) is 2.45. The molecular formula is C12H12IN3O. The van der Waals surface area contributed by atoms with E-state index >= 15 is 0 Å². The molecule has 4 nitrogen and oxygen atoms in total. The van der Waals surface area contributed by atoms with Crippen LogP contribution in [0.1, 0.15) is 18.2 Å². The van der Waals surface area contributed by atoms with Gasteiger partial charge in [-0.25, -0.2) is 4.98 Å². The van der Waals surface area contributed by atoms with E-state index in [1.54, 1.807) is 6.20 Å². The minimum absolute atomic E-state index is 0.101. The Morgan fingerprint density at radius 3 is 2.88 bits per heavy atom. The van der Waals surface area contributed by atoms with E-state index in [1.165, 1.54) is 0 Å². The fourth-order valence-corrected chi connectivity index (χ4v) is 2.16. The third kappa shape index (κ3) is 2.54. The molecule has 2 rings (SSSR count). The van der Waals surface area contributed by atoms with Crippen molar-refractivity contribution < 1.29 is 0 Å². The van der Waals surface area contributed by atoms with Crippen LogP contribution in [-0.4, -0.2) is 15.0 Å². The number of nitrogens with one attached hydrogen (secondary N) is 1. The van der Waals surface area contributed by atoms with Gasteiger partial charge in [-0.05, 0) is 53.6 Å². The number of nitrogens with zero attached hydrogens (tertiary/aromatic N) is 2. The highest BCUT2D eigenvalue weighted by molar-refractivity contribution is 14.1. The van der Waals surface area contributed by atoms with Gasteiger partial charge >= 0.3 is 0 Å². The number of hydrogen-bond donors (Lipinski definition) is 1. The average molecular weight is 341 g/mol. The summed E-state index contributed by atoms with van der Waals surface area (Å²) < 4.78 is 0.654. The summed E-state index contributed by atoms with van der Waals surface area (Å²) >= 11 is 2.02. The molecule has 0 atom stereocenters. The van der Waals surface area contributed by atoms with Crippen LogP contribution in [0.5, 0.6) is 0 Å². The van der Waals surface area contributed by atoms with Gasteiger partial charge in [-0.1, -0.05) is 6.92 Å². The maximum absolute atomic E-state index is 11.7. The van der Waals surface area contributed by atoms with Crippen LogP contribution in [0.2, 0.25) is 0 Å². The fraction of sp³-hybridized carbons (Fsp3) is 0.250. The first-order chi connectivity index (χ1) is 8.11. The van der Waals surface area contributed by atoms with Gasteiger partial charge in [-0.3, -0.25) is 9.78 Å². The maximum Gasteiger partial charge on any atom is 0.264 e. The predicted molar refractivity (Wildman–Crippen MR) is 74.9 cm³/mol. The van der Waals surface area contributed by atoms with Crippen molar-refractivity contribution in [1.29, 1.82) is 0 Å². The first-order valence-electron chi connectivity index (χ1n) is 5.33. The van der Waals surface area contributed by atoms with Crippen molar-refractivity contribution in [3.63, 3.8) is 0 Å². The van der Waals surface area contributed by atoms with Gasteiger partial charge in [-0.15, -0.1) is 0 Å². The van der Waals surface area contributed by atoms with Gasteiger partial charge in [0.25, 0.3) is 5.56 Å². The van der Waals surface area contributed by atoms with Gasteiger partial charge in [0.05, 0.1) is 9.26 Å². The monoisotopic (exact) mass is 341 g/mol. The van der Waals surface area contributed by atoms with Gasteiger partial charge < -0.3 is 4.98 Å². The number of H-pyrrole nitrogens is 1. The lowest BCUT2D eigenvalue weighted by atomic mass is 10.2. The molecule has 5 heteroatoms. The molecule has 0 aromatic carbocycles. The molecule has 0 fully saturated rings. The normalized spacial score (nSPS) is 10.5. The van der Waals surface area contributed by atoms with Gasteiger partial charge in [0.1, 0.15) is 5.69 Å². The van der Waals surface area contributed by atoms with Crippen LogP contribution in [0.4, 0.5) is 0 Å². The number of hydrogen-bond acceptors (Lipinski definition) is 3. The maximum atomic E-state index is 11.7. The molecular weight excluding hydrogens is 329 g/mol. The average Bonchev–Trinajstić information content (AvgIpc) is 2.32. The Hall–Kier alpha value is -1.24. The molecule has 88 valence electrons. The largest absolute Gasteiger partial charge is 0.304 e. The van der Waals surface area contributed by atoms with Crippen LogP contribution >= 0.6 is 22.6 Å². The van der Waals surface area contributed by atoms with Crippen LogP contribution in [-0.2, 0) is 6.42 Å². The zero-order valence-corrected chi connectivity index (χ0v) is 11.8. The van der Waals surface area contributed by atoms with Crippen LogP contribution in [0, 0.1) is 10.5 Å². The molecule has 2 aromatic rings. The fourth-order valence-electron chi connectivity index (χ4n) is 1.53. The Bertz CT molecular complexity index is 607. The van der Waals surface area contributed by atoms with E-state index in [4.69, 9.17) is 0 Å². The van der Waals surface area contributed by atoms with Crippen molar-refractivity contribution >= 4 is 22.6 Å². The first kappa shape index (κ1) is 12.2. The number of rotatable bonds is 2. The molecule has 2 heterocycles. The van der Waals surface area contributed by atoms with E-state index in [2.05, 4.69) is 15.0 Å². The Kier molecular flexibility index (Phi) is 3.56. The Labute approximate surface area is 113 Å². The minimum atomic E-state index is -0.101. The lowest BCUT2D eigenvalue weighted by Gasteiger charge is -2.04. The van der Waals surface area contributed by atoms with E-state index < -0.39 is 0 Å². The van der Waals surface area contributed by atoms with Crippen molar-refractivity contribution in [2.24, 2.45) is 0 Å². The van der Waals surface area contributed by atoms with Crippen molar-refractivity contribution in [1.82, 2.24) is 15.0 Å². The molecule has 0 aliphatic heterocycles.